The summed E-state index contributed by atoms with van der Waals surface area (Å²) in [6.45, 7) is 3.34. The van der Waals surface area contributed by atoms with Crippen LogP contribution >= 0.6 is 0 Å². The van der Waals surface area contributed by atoms with Crippen LogP contribution in [0.25, 0.3) is 0 Å². The first kappa shape index (κ1) is 9.13. The maximum atomic E-state index is 6.26. The highest BCUT2D eigenvalue weighted by Crippen LogP contribution is 2.32. The largest absolute Gasteiger partial charge is 0.372 e. The van der Waals surface area contributed by atoms with Gasteiger partial charge < -0.3 is 10.5 Å². The molecule has 2 saturated heterocycles. The maximum Gasteiger partial charge on any atom is 0.0707 e. The third-order valence-corrected chi connectivity index (χ3v) is 4.01. The zero-order valence-electron chi connectivity index (χ0n) is 8.74. The molecule has 0 aromatic heterocycles. The summed E-state index contributed by atoms with van der Waals surface area (Å²) in [7, 11) is 0. The van der Waals surface area contributed by atoms with Crippen LogP contribution in [0.1, 0.15) is 32.1 Å². The lowest BCUT2D eigenvalue weighted by Crippen LogP contribution is -2.57. The minimum Gasteiger partial charge on any atom is -0.372 e. The van der Waals surface area contributed by atoms with Crippen molar-refractivity contribution in [1.29, 1.82) is 0 Å². The molecule has 0 amide bonds. The molecule has 2 aliphatic heterocycles. The Kier molecular flexibility index (Phi) is 2.08. The van der Waals surface area contributed by atoms with Crippen molar-refractivity contribution in [3.05, 3.63) is 0 Å². The van der Waals surface area contributed by atoms with E-state index in [-0.39, 0.29) is 5.54 Å². The van der Waals surface area contributed by atoms with Crippen LogP contribution in [0.15, 0.2) is 0 Å². The number of nitrogens with zero attached hydrogens (tertiary/aromatic N) is 1. The fourth-order valence-electron chi connectivity index (χ4n) is 3.06. The lowest BCUT2D eigenvalue weighted by Gasteiger charge is -2.44. The zero-order valence-corrected chi connectivity index (χ0v) is 8.74. The van der Waals surface area contributed by atoms with Gasteiger partial charge in [-0.15, -0.1) is 0 Å². The average Bonchev–Trinajstić information content (AvgIpc) is 2.43. The van der Waals surface area contributed by atoms with Gasteiger partial charge in [-0.2, -0.15) is 0 Å². The van der Waals surface area contributed by atoms with Crippen LogP contribution in [0.4, 0.5) is 0 Å². The van der Waals surface area contributed by atoms with E-state index < -0.39 is 0 Å². The van der Waals surface area contributed by atoms with Crippen molar-refractivity contribution in [3.63, 3.8) is 0 Å². The van der Waals surface area contributed by atoms with Crippen LogP contribution in [0.3, 0.4) is 0 Å². The second-order valence-electron chi connectivity index (χ2n) is 5.37. The molecule has 14 heavy (non-hydrogen) atoms. The Labute approximate surface area is 85.6 Å². The molecular weight excluding hydrogens is 176 g/mol. The number of rotatable bonds is 2. The second kappa shape index (κ2) is 3.19. The lowest BCUT2D eigenvalue weighted by molar-refractivity contribution is -0.0484. The van der Waals surface area contributed by atoms with Crippen molar-refractivity contribution < 1.29 is 4.74 Å². The molecule has 80 valence electrons. The maximum absolute atomic E-state index is 6.26. The molecule has 0 aromatic carbocycles. The van der Waals surface area contributed by atoms with E-state index in [4.69, 9.17) is 10.5 Å². The minimum atomic E-state index is 0.150. The van der Waals surface area contributed by atoms with Crippen molar-refractivity contribution in [2.75, 3.05) is 19.6 Å². The number of ether oxygens (including phenoxy) is 1. The molecule has 2 N–H and O–H groups in total. The van der Waals surface area contributed by atoms with Crippen LogP contribution in [-0.4, -0.2) is 42.3 Å². The van der Waals surface area contributed by atoms with Crippen molar-refractivity contribution in [1.82, 2.24) is 4.90 Å². The molecule has 3 fully saturated rings. The SMILES string of the molecule is NC1(CN2CC3CCC(C2)O3)CCC1. The number of likely N-dealkylation sites (tertiary alicyclic amines) is 1. The highest BCUT2D eigenvalue weighted by atomic mass is 16.5. The molecule has 0 aromatic rings. The normalized spacial score (nSPS) is 40.9. The van der Waals surface area contributed by atoms with E-state index >= 15 is 0 Å². The number of morpholine rings is 1. The molecule has 2 atom stereocenters. The summed E-state index contributed by atoms with van der Waals surface area (Å²) >= 11 is 0. The zero-order chi connectivity index (χ0) is 9.60. The number of nitrogens with two attached hydrogens (primary N) is 1. The molecule has 3 nitrogen and oxygen atoms in total. The van der Waals surface area contributed by atoms with E-state index in [0.29, 0.717) is 12.2 Å². The topological polar surface area (TPSA) is 38.5 Å². The summed E-state index contributed by atoms with van der Waals surface area (Å²) in [5.41, 5.74) is 6.41. The van der Waals surface area contributed by atoms with Gasteiger partial charge in [0.2, 0.25) is 0 Å². The molecule has 3 heteroatoms. The fraction of sp³-hybridized carbons (Fsp3) is 1.00. The van der Waals surface area contributed by atoms with Gasteiger partial charge in [-0.3, -0.25) is 4.90 Å². The molecule has 2 unspecified atom stereocenters. The van der Waals surface area contributed by atoms with E-state index in [0.717, 1.165) is 19.6 Å². The van der Waals surface area contributed by atoms with Crippen molar-refractivity contribution >= 4 is 0 Å². The molecule has 3 rings (SSSR count). The van der Waals surface area contributed by atoms with Gasteiger partial charge in [-0.05, 0) is 32.1 Å². The molecule has 0 radical (unpaired) electrons. The molecular formula is C11H20N2O. The van der Waals surface area contributed by atoms with E-state index in [2.05, 4.69) is 4.90 Å². The quantitative estimate of drug-likeness (QED) is 0.707. The van der Waals surface area contributed by atoms with Gasteiger partial charge in [0.15, 0.2) is 0 Å². The third kappa shape index (κ3) is 1.58. The number of hydrogen-bond acceptors (Lipinski definition) is 3. The van der Waals surface area contributed by atoms with Crippen molar-refractivity contribution in [2.45, 2.75) is 49.9 Å². The standard InChI is InChI=1S/C11H20N2O/c12-11(4-1-5-11)8-13-6-9-2-3-10(7-13)14-9/h9-10H,1-8,12H2. The summed E-state index contributed by atoms with van der Waals surface area (Å²) in [5, 5.41) is 0. The first-order chi connectivity index (χ1) is 6.73. The van der Waals surface area contributed by atoms with Gasteiger partial charge in [0.25, 0.3) is 0 Å². The van der Waals surface area contributed by atoms with Gasteiger partial charge in [0.1, 0.15) is 0 Å². The lowest BCUT2D eigenvalue weighted by atomic mass is 9.77. The summed E-state index contributed by atoms with van der Waals surface area (Å²) in [6, 6.07) is 0. The van der Waals surface area contributed by atoms with Gasteiger partial charge in [0, 0.05) is 25.2 Å². The fourth-order valence-corrected chi connectivity index (χ4v) is 3.06. The van der Waals surface area contributed by atoms with Gasteiger partial charge in [-0.25, -0.2) is 0 Å². The smallest absolute Gasteiger partial charge is 0.0707 e. The summed E-state index contributed by atoms with van der Waals surface area (Å²) in [4.78, 5) is 2.53. The Morgan fingerprint density at radius 1 is 1.21 bits per heavy atom. The molecule has 1 aliphatic carbocycles. The predicted molar refractivity (Wildman–Crippen MR) is 55.1 cm³/mol. The molecule has 0 spiro atoms. The number of fused-ring (bicyclic) bond motifs is 2. The first-order valence-corrected chi connectivity index (χ1v) is 5.90. The van der Waals surface area contributed by atoms with Crippen LogP contribution in [0.5, 0.6) is 0 Å². The van der Waals surface area contributed by atoms with Crippen LogP contribution < -0.4 is 5.73 Å². The van der Waals surface area contributed by atoms with Gasteiger partial charge in [-0.1, -0.05) is 0 Å². The van der Waals surface area contributed by atoms with Crippen LogP contribution in [-0.2, 0) is 4.74 Å². The minimum absolute atomic E-state index is 0.150. The van der Waals surface area contributed by atoms with Crippen LogP contribution in [0.2, 0.25) is 0 Å². The molecule has 2 heterocycles. The predicted octanol–water partition coefficient (Wildman–Crippen LogP) is 0.731. The van der Waals surface area contributed by atoms with Crippen molar-refractivity contribution in [3.8, 4) is 0 Å². The van der Waals surface area contributed by atoms with Gasteiger partial charge >= 0.3 is 0 Å². The monoisotopic (exact) mass is 196 g/mol. The van der Waals surface area contributed by atoms with Crippen LogP contribution in [0, 0.1) is 0 Å². The van der Waals surface area contributed by atoms with E-state index in [1.54, 1.807) is 0 Å². The Bertz CT molecular complexity index is 215. The van der Waals surface area contributed by atoms with Gasteiger partial charge in [0.05, 0.1) is 12.2 Å². The Balaban J connectivity index is 1.58. The highest BCUT2D eigenvalue weighted by Gasteiger charge is 2.39. The molecule has 1 saturated carbocycles. The van der Waals surface area contributed by atoms with E-state index in [9.17, 15) is 0 Å². The Morgan fingerprint density at radius 2 is 1.86 bits per heavy atom. The van der Waals surface area contributed by atoms with E-state index in [1.807, 2.05) is 0 Å². The first-order valence-electron chi connectivity index (χ1n) is 5.90. The molecule has 3 aliphatic rings. The summed E-state index contributed by atoms with van der Waals surface area (Å²) in [6.07, 6.45) is 7.32. The molecule has 2 bridgehead atoms. The van der Waals surface area contributed by atoms with Crippen molar-refractivity contribution in [2.24, 2.45) is 5.73 Å². The second-order valence-corrected chi connectivity index (χ2v) is 5.37. The third-order valence-electron chi connectivity index (χ3n) is 4.01. The van der Waals surface area contributed by atoms with E-state index in [1.165, 1.54) is 32.1 Å². The Morgan fingerprint density at radius 3 is 2.36 bits per heavy atom. The summed E-state index contributed by atoms with van der Waals surface area (Å²) < 4.78 is 5.81. The highest BCUT2D eigenvalue weighted by molar-refractivity contribution is 4.97. The Hall–Kier alpha value is -0.120. The number of hydrogen-bond donors (Lipinski definition) is 1. The average molecular weight is 196 g/mol. The summed E-state index contributed by atoms with van der Waals surface area (Å²) in [5.74, 6) is 0.